The summed E-state index contributed by atoms with van der Waals surface area (Å²) in [5.74, 6) is -0.221. The molecule has 0 aliphatic heterocycles. The minimum atomic E-state index is -0.221. The van der Waals surface area contributed by atoms with E-state index in [1.807, 2.05) is 6.07 Å². The van der Waals surface area contributed by atoms with E-state index in [1.54, 1.807) is 12.1 Å². The molecule has 0 saturated carbocycles. The van der Waals surface area contributed by atoms with E-state index in [9.17, 15) is 4.39 Å². The molecule has 1 nitrogen and oxygen atoms in total. The third kappa shape index (κ3) is 3.92. The van der Waals surface area contributed by atoms with Crippen molar-refractivity contribution in [1.82, 2.24) is 5.32 Å². The van der Waals surface area contributed by atoms with Gasteiger partial charge in [0.25, 0.3) is 0 Å². The molecule has 2 aromatic rings. The van der Waals surface area contributed by atoms with Crippen LogP contribution in [0.5, 0.6) is 0 Å². The number of benzene rings is 2. The summed E-state index contributed by atoms with van der Waals surface area (Å²) in [6.45, 7) is 7.22. The highest BCUT2D eigenvalue weighted by atomic mass is 79.9. The van der Waals surface area contributed by atoms with Crippen LogP contribution in [0.25, 0.3) is 0 Å². The maximum Gasteiger partial charge on any atom is 0.137 e. The quantitative estimate of drug-likeness (QED) is 0.772. The van der Waals surface area contributed by atoms with Gasteiger partial charge in [0.2, 0.25) is 0 Å². The monoisotopic (exact) mass is 349 g/mol. The smallest absolute Gasteiger partial charge is 0.137 e. The molecular weight excluding hydrogens is 329 g/mol. The number of hydrogen-bond donors (Lipinski definition) is 1. The molecule has 2 rings (SSSR count). The molecule has 0 aliphatic rings. The van der Waals surface area contributed by atoms with Gasteiger partial charge in [0.1, 0.15) is 5.82 Å². The Balaban J connectivity index is 2.46. The van der Waals surface area contributed by atoms with Crippen LogP contribution >= 0.6 is 15.9 Å². The molecule has 112 valence electrons. The first-order valence-corrected chi connectivity index (χ1v) is 8.07. The zero-order valence-electron chi connectivity index (χ0n) is 12.7. The molecule has 0 fully saturated rings. The van der Waals surface area contributed by atoms with Gasteiger partial charge < -0.3 is 5.32 Å². The Hall–Kier alpha value is -1.19. The van der Waals surface area contributed by atoms with Crippen molar-refractivity contribution in [2.75, 3.05) is 6.54 Å². The summed E-state index contributed by atoms with van der Waals surface area (Å²) in [6, 6.07) is 11.8. The maximum absolute atomic E-state index is 13.9. The summed E-state index contributed by atoms with van der Waals surface area (Å²) in [5.41, 5.74) is 4.61. The van der Waals surface area contributed by atoms with Crippen LogP contribution in [0.4, 0.5) is 4.39 Å². The minimum absolute atomic E-state index is 0.0208. The normalized spacial score (nSPS) is 12.4. The van der Waals surface area contributed by atoms with Crippen LogP contribution in [-0.4, -0.2) is 6.54 Å². The molecule has 0 radical (unpaired) electrons. The summed E-state index contributed by atoms with van der Waals surface area (Å²) in [7, 11) is 0. The lowest BCUT2D eigenvalue weighted by Crippen LogP contribution is -2.24. The van der Waals surface area contributed by atoms with Crippen molar-refractivity contribution >= 4 is 15.9 Å². The van der Waals surface area contributed by atoms with Crippen molar-refractivity contribution in [1.29, 1.82) is 0 Å². The van der Waals surface area contributed by atoms with Crippen molar-refractivity contribution in [3.63, 3.8) is 0 Å². The number of halogens is 2. The molecule has 1 N–H and O–H groups in total. The SMILES string of the molecule is CCCNC(c1ccc(Br)c(F)c1)c1cc(C)ccc1C. The first kappa shape index (κ1) is 16.2. The maximum atomic E-state index is 13.9. The standard InChI is InChI=1S/C18H21BrFN/c1-4-9-21-18(14-7-8-16(19)17(20)11-14)15-10-12(2)5-6-13(15)3/h5-8,10-11,18,21H,4,9H2,1-3H3. The zero-order valence-corrected chi connectivity index (χ0v) is 14.3. The van der Waals surface area contributed by atoms with Crippen LogP contribution in [-0.2, 0) is 0 Å². The van der Waals surface area contributed by atoms with Gasteiger partial charge in [0.05, 0.1) is 10.5 Å². The largest absolute Gasteiger partial charge is 0.306 e. The van der Waals surface area contributed by atoms with Crippen LogP contribution in [0.15, 0.2) is 40.9 Å². The molecule has 2 aromatic carbocycles. The second-order valence-electron chi connectivity index (χ2n) is 5.42. The van der Waals surface area contributed by atoms with Gasteiger partial charge >= 0.3 is 0 Å². The molecule has 1 unspecified atom stereocenters. The number of rotatable bonds is 5. The Kier molecular flexibility index (Phi) is 5.54. The molecule has 1 atom stereocenters. The highest BCUT2D eigenvalue weighted by Crippen LogP contribution is 2.28. The van der Waals surface area contributed by atoms with Gasteiger partial charge in [-0.2, -0.15) is 0 Å². The van der Waals surface area contributed by atoms with E-state index in [4.69, 9.17) is 0 Å². The van der Waals surface area contributed by atoms with Gasteiger partial charge in [-0.15, -0.1) is 0 Å². The van der Waals surface area contributed by atoms with Crippen LogP contribution < -0.4 is 5.32 Å². The lowest BCUT2D eigenvalue weighted by Gasteiger charge is -2.22. The molecule has 0 heterocycles. The van der Waals surface area contributed by atoms with Gasteiger partial charge in [-0.25, -0.2) is 4.39 Å². The molecular formula is C18H21BrFN. The predicted octanol–water partition coefficient (Wildman–Crippen LogP) is 5.29. The van der Waals surface area contributed by atoms with Crippen molar-refractivity contribution in [3.8, 4) is 0 Å². The average Bonchev–Trinajstić information content (AvgIpc) is 2.46. The molecule has 0 amide bonds. The summed E-state index contributed by atoms with van der Waals surface area (Å²) in [4.78, 5) is 0. The second kappa shape index (κ2) is 7.19. The summed E-state index contributed by atoms with van der Waals surface area (Å²) < 4.78 is 14.4. The Morgan fingerprint density at radius 2 is 1.90 bits per heavy atom. The Morgan fingerprint density at radius 1 is 1.14 bits per heavy atom. The number of aryl methyl sites for hydroxylation is 2. The molecule has 0 aromatic heterocycles. The molecule has 0 bridgehead atoms. The van der Waals surface area contributed by atoms with Crippen LogP contribution in [0.1, 0.15) is 41.6 Å². The lowest BCUT2D eigenvalue weighted by atomic mass is 9.93. The second-order valence-corrected chi connectivity index (χ2v) is 6.28. The summed E-state index contributed by atoms with van der Waals surface area (Å²) in [5, 5.41) is 3.53. The Bertz CT molecular complexity index is 625. The van der Waals surface area contributed by atoms with E-state index >= 15 is 0 Å². The highest BCUT2D eigenvalue weighted by Gasteiger charge is 2.17. The summed E-state index contributed by atoms with van der Waals surface area (Å²) in [6.07, 6.45) is 1.04. The topological polar surface area (TPSA) is 12.0 Å². The van der Waals surface area contributed by atoms with E-state index in [1.165, 1.54) is 16.7 Å². The average molecular weight is 350 g/mol. The van der Waals surface area contributed by atoms with E-state index < -0.39 is 0 Å². The van der Waals surface area contributed by atoms with Gasteiger partial charge in [-0.05, 0) is 71.6 Å². The van der Waals surface area contributed by atoms with Gasteiger partial charge in [0.15, 0.2) is 0 Å². The molecule has 0 aliphatic carbocycles. The molecule has 0 spiro atoms. The lowest BCUT2D eigenvalue weighted by molar-refractivity contribution is 0.581. The first-order valence-electron chi connectivity index (χ1n) is 7.28. The van der Waals surface area contributed by atoms with Gasteiger partial charge in [0, 0.05) is 0 Å². The van der Waals surface area contributed by atoms with Crippen molar-refractivity contribution in [2.24, 2.45) is 0 Å². The van der Waals surface area contributed by atoms with Crippen molar-refractivity contribution in [3.05, 3.63) is 68.9 Å². The van der Waals surface area contributed by atoms with E-state index in [-0.39, 0.29) is 11.9 Å². The van der Waals surface area contributed by atoms with E-state index in [2.05, 4.69) is 60.2 Å². The number of nitrogens with one attached hydrogen (secondary N) is 1. The van der Waals surface area contributed by atoms with Gasteiger partial charge in [-0.1, -0.05) is 36.8 Å². The van der Waals surface area contributed by atoms with Crippen molar-refractivity contribution < 1.29 is 4.39 Å². The summed E-state index contributed by atoms with van der Waals surface area (Å²) >= 11 is 3.22. The van der Waals surface area contributed by atoms with Crippen molar-refractivity contribution in [2.45, 2.75) is 33.2 Å². The van der Waals surface area contributed by atoms with Crippen LogP contribution in [0.2, 0.25) is 0 Å². The fraction of sp³-hybridized carbons (Fsp3) is 0.333. The van der Waals surface area contributed by atoms with Crippen LogP contribution in [0.3, 0.4) is 0 Å². The van der Waals surface area contributed by atoms with Gasteiger partial charge in [-0.3, -0.25) is 0 Å². The third-order valence-electron chi connectivity index (χ3n) is 3.62. The van der Waals surface area contributed by atoms with Crippen LogP contribution in [0, 0.1) is 19.7 Å². The molecule has 3 heteroatoms. The predicted molar refractivity (Wildman–Crippen MR) is 90.2 cm³/mol. The highest BCUT2D eigenvalue weighted by molar-refractivity contribution is 9.10. The fourth-order valence-corrected chi connectivity index (χ4v) is 2.71. The minimum Gasteiger partial charge on any atom is -0.306 e. The number of hydrogen-bond acceptors (Lipinski definition) is 1. The molecule has 21 heavy (non-hydrogen) atoms. The van der Waals surface area contributed by atoms with E-state index in [0.29, 0.717) is 4.47 Å². The Labute approximate surface area is 134 Å². The molecule has 0 saturated heterocycles. The third-order valence-corrected chi connectivity index (χ3v) is 4.26. The zero-order chi connectivity index (χ0) is 15.4. The first-order chi connectivity index (χ1) is 10.0. The Morgan fingerprint density at radius 3 is 2.57 bits per heavy atom. The van der Waals surface area contributed by atoms with E-state index in [0.717, 1.165) is 18.5 Å². The fourth-order valence-electron chi connectivity index (χ4n) is 2.46.